The maximum Gasteiger partial charge on any atom is 0.160 e. The summed E-state index contributed by atoms with van der Waals surface area (Å²) in [6.07, 6.45) is 0.314. The van der Waals surface area contributed by atoms with E-state index >= 15 is 0 Å². The standard InChI is InChI=1S/C11H11BrO2/c1-7(13)5-9-6-10(12)3-4-11(9)8(2)14/h3-4,6H,5H2,1-2H3. The van der Waals surface area contributed by atoms with E-state index in [4.69, 9.17) is 0 Å². The molecule has 1 aromatic carbocycles. The highest BCUT2D eigenvalue weighted by atomic mass is 79.9. The van der Waals surface area contributed by atoms with Crippen LogP contribution in [0.3, 0.4) is 0 Å². The van der Waals surface area contributed by atoms with Crippen LogP contribution in [0.15, 0.2) is 22.7 Å². The third-order valence-corrected chi connectivity index (χ3v) is 2.38. The molecular weight excluding hydrogens is 244 g/mol. The molecular formula is C11H11BrO2. The van der Waals surface area contributed by atoms with Gasteiger partial charge in [-0.25, -0.2) is 0 Å². The maximum atomic E-state index is 11.2. The van der Waals surface area contributed by atoms with Gasteiger partial charge < -0.3 is 0 Å². The summed E-state index contributed by atoms with van der Waals surface area (Å²) >= 11 is 3.31. The van der Waals surface area contributed by atoms with Crippen LogP contribution < -0.4 is 0 Å². The molecule has 0 saturated heterocycles. The van der Waals surface area contributed by atoms with Gasteiger partial charge in [0.1, 0.15) is 5.78 Å². The fraction of sp³-hybridized carbons (Fsp3) is 0.273. The topological polar surface area (TPSA) is 34.1 Å². The van der Waals surface area contributed by atoms with Gasteiger partial charge in [-0.3, -0.25) is 9.59 Å². The molecule has 0 unspecified atom stereocenters. The first kappa shape index (κ1) is 11.1. The average molecular weight is 255 g/mol. The lowest BCUT2D eigenvalue weighted by molar-refractivity contribution is -0.116. The van der Waals surface area contributed by atoms with Crippen molar-refractivity contribution in [2.75, 3.05) is 0 Å². The van der Waals surface area contributed by atoms with E-state index in [1.165, 1.54) is 13.8 Å². The van der Waals surface area contributed by atoms with E-state index in [0.29, 0.717) is 12.0 Å². The van der Waals surface area contributed by atoms with Gasteiger partial charge in [0.25, 0.3) is 0 Å². The first-order chi connectivity index (χ1) is 6.50. The summed E-state index contributed by atoms with van der Waals surface area (Å²) in [6, 6.07) is 5.36. The monoisotopic (exact) mass is 254 g/mol. The van der Waals surface area contributed by atoms with Gasteiger partial charge in [0, 0.05) is 16.5 Å². The molecule has 0 aliphatic rings. The minimum absolute atomic E-state index is 0.00579. The zero-order valence-corrected chi connectivity index (χ0v) is 9.72. The Hall–Kier alpha value is -0.960. The highest BCUT2D eigenvalue weighted by Crippen LogP contribution is 2.18. The molecule has 74 valence electrons. The minimum atomic E-state index is -0.00579. The summed E-state index contributed by atoms with van der Waals surface area (Å²) in [7, 11) is 0. The van der Waals surface area contributed by atoms with E-state index in [1.807, 2.05) is 6.07 Å². The van der Waals surface area contributed by atoms with Crippen LogP contribution in [0.4, 0.5) is 0 Å². The Kier molecular flexibility index (Phi) is 3.58. The molecule has 0 atom stereocenters. The number of carbonyl (C=O) groups is 2. The average Bonchev–Trinajstić information content (AvgIpc) is 2.01. The number of hydrogen-bond donors (Lipinski definition) is 0. The van der Waals surface area contributed by atoms with Gasteiger partial charge in [-0.05, 0) is 31.5 Å². The van der Waals surface area contributed by atoms with Crippen LogP contribution in [0.1, 0.15) is 29.8 Å². The first-order valence-electron chi connectivity index (χ1n) is 4.29. The molecule has 0 aromatic heterocycles. The smallest absolute Gasteiger partial charge is 0.160 e. The fourth-order valence-corrected chi connectivity index (χ4v) is 1.73. The van der Waals surface area contributed by atoms with Gasteiger partial charge in [0.05, 0.1) is 0 Å². The summed E-state index contributed by atoms with van der Waals surface area (Å²) in [4.78, 5) is 22.2. The predicted molar refractivity (Wildman–Crippen MR) is 58.5 cm³/mol. The third kappa shape index (κ3) is 2.77. The normalized spacial score (nSPS) is 9.93. The molecule has 1 rings (SSSR count). The van der Waals surface area contributed by atoms with Crippen molar-refractivity contribution < 1.29 is 9.59 Å². The second-order valence-electron chi connectivity index (χ2n) is 3.24. The molecule has 0 aliphatic carbocycles. The van der Waals surface area contributed by atoms with Crippen molar-refractivity contribution in [2.24, 2.45) is 0 Å². The molecule has 0 radical (unpaired) electrons. The maximum absolute atomic E-state index is 11.2. The van der Waals surface area contributed by atoms with Crippen molar-refractivity contribution in [3.05, 3.63) is 33.8 Å². The van der Waals surface area contributed by atoms with E-state index in [1.54, 1.807) is 12.1 Å². The Labute approximate surface area is 91.4 Å². The lowest BCUT2D eigenvalue weighted by Crippen LogP contribution is -2.04. The van der Waals surface area contributed by atoms with Crippen molar-refractivity contribution >= 4 is 27.5 Å². The molecule has 0 N–H and O–H groups in total. The summed E-state index contributed by atoms with van der Waals surface area (Å²) in [6.45, 7) is 3.03. The number of benzene rings is 1. The number of hydrogen-bond acceptors (Lipinski definition) is 2. The van der Waals surface area contributed by atoms with E-state index in [2.05, 4.69) is 15.9 Å². The van der Waals surface area contributed by atoms with Crippen molar-refractivity contribution in [2.45, 2.75) is 20.3 Å². The van der Waals surface area contributed by atoms with Gasteiger partial charge in [-0.1, -0.05) is 22.0 Å². The van der Waals surface area contributed by atoms with Crippen LogP contribution in [0.5, 0.6) is 0 Å². The first-order valence-corrected chi connectivity index (χ1v) is 5.09. The van der Waals surface area contributed by atoms with Crippen LogP contribution >= 0.6 is 15.9 Å². The van der Waals surface area contributed by atoms with Crippen LogP contribution in [0.2, 0.25) is 0 Å². The van der Waals surface area contributed by atoms with E-state index < -0.39 is 0 Å². The van der Waals surface area contributed by atoms with Crippen molar-refractivity contribution in [1.29, 1.82) is 0 Å². The largest absolute Gasteiger partial charge is 0.300 e. The Morgan fingerprint density at radius 2 is 1.93 bits per heavy atom. The van der Waals surface area contributed by atoms with Gasteiger partial charge in [-0.2, -0.15) is 0 Å². The molecule has 2 nitrogen and oxygen atoms in total. The van der Waals surface area contributed by atoms with Crippen LogP contribution in [-0.2, 0) is 11.2 Å². The third-order valence-electron chi connectivity index (χ3n) is 1.89. The molecule has 0 spiro atoms. The van der Waals surface area contributed by atoms with Crippen molar-refractivity contribution in [1.82, 2.24) is 0 Å². The molecule has 0 amide bonds. The lowest BCUT2D eigenvalue weighted by Gasteiger charge is -2.05. The Bertz CT molecular complexity index is 383. The molecule has 14 heavy (non-hydrogen) atoms. The second kappa shape index (κ2) is 4.51. The zero-order valence-electron chi connectivity index (χ0n) is 8.13. The van der Waals surface area contributed by atoms with Gasteiger partial charge in [0.15, 0.2) is 5.78 Å². The van der Waals surface area contributed by atoms with Gasteiger partial charge in [-0.15, -0.1) is 0 Å². The number of rotatable bonds is 3. The van der Waals surface area contributed by atoms with Crippen molar-refractivity contribution in [3.8, 4) is 0 Å². The van der Waals surface area contributed by atoms with Gasteiger partial charge in [0.2, 0.25) is 0 Å². The molecule has 0 saturated carbocycles. The Morgan fingerprint density at radius 3 is 2.43 bits per heavy atom. The van der Waals surface area contributed by atoms with Crippen LogP contribution in [-0.4, -0.2) is 11.6 Å². The Morgan fingerprint density at radius 1 is 1.29 bits per heavy atom. The van der Waals surface area contributed by atoms with E-state index in [9.17, 15) is 9.59 Å². The van der Waals surface area contributed by atoms with E-state index in [-0.39, 0.29) is 11.6 Å². The molecule has 3 heteroatoms. The fourth-order valence-electron chi connectivity index (χ4n) is 1.32. The molecule has 0 bridgehead atoms. The number of ketones is 2. The molecule has 0 fully saturated rings. The van der Waals surface area contributed by atoms with Crippen molar-refractivity contribution in [3.63, 3.8) is 0 Å². The quantitative estimate of drug-likeness (QED) is 0.778. The Balaban J connectivity index is 3.15. The summed E-state index contributed by atoms with van der Waals surface area (Å²) < 4.78 is 0.888. The highest BCUT2D eigenvalue weighted by Gasteiger charge is 2.09. The number of Topliss-reactive ketones (excluding diaryl/α,β-unsaturated/α-hetero) is 2. The van der Waals surface area contributed by atoms with Gasteiger partial charge >= 0.3 is 0 Å². The SMILES string of the molecule is CC(=O)Cc1cc(Br)ccc1C(C)=O. The van der Waals surface area contributed by atoms with Crippen LogP contribution in [0, 0.1) is 0 Å². The minimum Gasteiger partial charge on any atom is -0.300 e. The summed E-state index contributed by atoms with van der Waals surface area (Å²) in [5.41, 5.74) is 1.42. The molecule has 1 aromatic rings. The molecule has 0 aliphatic heterocycles. The highest BCUT2D eigenvalue weighted by molar-refractivity contribution is 9.10. The molecule has 0 heterocycles. The van der Waals surface area contributed by atoms with E-state index in [0.717, 1.165) is 10.0 Å². The summed E-state index contributed by atoms with van der Waals surface area (Å²) in [5, 5.41) is 0. The lowest BCUT2D eigenvalue weighted by atomic mass is 10.0. The zero-order chi connectivity index (χ0) is 10.7. The second-order valence-corrected chi connectivity index (χ2v) is 4.15. The predicted octanol–water partition coefficient (Wildman–Crippen LogP) is 2.78. The number of carbonyl (C=O) groups excluding carboxylic acids is 2. The van der Waals surface area contributed by atoms with Crippen LogP contribution in [0.25, 0.3) is 0 Å². The summed E-state index contributed by atoms with van der Waals surface area (Å²) in [5.74, 6) is 0.0550. The number of halogens is 1.